The molecule has 0 amide bonds. The molecule has 6 nitrogen and oxygen atoms in total. The van der Waals surface area contributed by atoms with Crippen LogP contribution in [-0.4, -0.2) is 43.0 Å². The first-order chi connectivity index (χ1) is 10.9. The van der Waals surface area contributed by atoms with Gasteiger partial charge < -0.3 is 19.3 Å². The van der Waals surface area contributed by atoms with Crippen LogP contribution in [0.2, 0.25) is 0 Å². The number of esters is 2. The van der Waals surface area contributed by atoms with Crippen LogP contribution in [-0.2, 0) is 14.2 Å². The molecule has 1 aromatic carbocycles. The SMILES string of the molecule is CC(C)=COCCOC(=O)c1ccccc1C(=O)OCC(C)O. The standard InChI is InChI=1S/C17H22O6/c1-12(2)10-21-8-9-22-16(19)14-6-4-5-7-15(14)17(20)23-11-13(3)18/h4-7,10,13,18H,8-9,11H2,1-3H3. The first-order valence-corrected chi connectivity index (χ1v) is 7.28. The molecule has 0 saturated carbocycles. The number of hydrogen-bond acceptors (Lipinski definition) is 6. The summed E-state index contributed by atoms with van der Waals surface area (Å²) in [6.07, 6.45) is 0.806. The van der Waals surface area contributed by atoms with E-state index >= 15 is 0 Å². The minimum atomic E-state index is -0.773. The third-order valence-corrected chi connectivity index (χ3v) is 2.58. The van der Waals surface area contributed by atoms with E-state index in [0.717, 1.165) is 5.57 Å². The highest BCUT2D eigenvalue weighted by atomic mass is 16.6. The van der Waals surface area contributed by atoms with Gasteiger partial charge in [-0.2, -0.15) is 0 Å². The third-order valence-electron chi connectivity index (χ3n) is 2.58. The minimum absolute atomic E-state index is 0.0691. The molecule has 0 spiro atoms. The van der Waals surface area contributed by atoms with Crippen molar-refractivity contribution in [2.45, 2.75) is 26.9 Å². The van der Waals surface area contributed by atoms with Gasteiger partial charge in [0.1, 0.15) is 19.8 Å². The molecule has 1 unspecified atom stereocenters. The van der Waals surface area contributed by atoms with E-state index in [9.17, 15) is 9.59 Å². The normalized spacial score (nSPS) is 11.3. The van der Waals surface area contributed by atoms with Crippen LogP contribution in [0.3, 0.4) is 0 Å². The van der Waals surface area contributed by atoms with Gasteiger partial charge in [0.2, 0.25) is 0 Å². The fourth-order valence-electron chi connectivity index (χ4n) is 1.60. The van der Waals surface area contributed by atoms with Crippen LogP contribution >= 0.6 is 0 Å². The molecule has 0 radical (unpaired) electrons. The highest BCUT2D eigenvalue weighted by molar-refractivity contribution is 6.03. The highest BCUT2D eigenvalue weighted by Gasteiger charge is 2.19. The van der Waals surface area contributed by atoms with E-state index in [-0.39, 0.29) is 30.9 Å². The number of rotatable bonds is 8. The number of carbonyl (C=O) groups excluding carboxylic acids is 2. The summed E-state index contributed by atoms with van der Waals surface area (Å²) in [5, 5.41) is 9.14. The number of hydrogen-bond donors (Lipinski definition) is 1. The summed E-state index contributed by atoms with van der Waals surface area (Å²) in [7, 11) is 0. The number of aliphatic hydroxyl groups is 1. The Bertz CT molecular complexity index is 558. The molecule has 0 aliphatic rings. The lowest BCUT2D eigenvalue weighted by molar-refractivity contribution is 0.0284. The number of carbonyl (C=O) groups is 2. The van der Waals surface area contributed by atoms with E-state index < -0.39 is 18.0 Å². The summed E-state index contributed by atoms with van der Waals surface area (Å²) in [5.74, 6) is -1.31. The molecule has 0 saturated heterocycles. The molecule has 126 valence electrons. The van der Waals surface area contributed by atoms with Crippen molar-refractivity contribution in [1.82, 2.24) is 0 Å². The number of benzene rings is 1. The monoisotopic (exact) mass is 322 g/mol. The van der Waals surface area contributed by atoms with Crippen LogP contribution in [0.5, 0.6) is 0 Å². The van der Waals surface area contributed by atoms with Gasteiger partial charge in [-0.3, -0.25) is 0 Å². The van der Waals surface area contributed by atoms with Gasteiger partial charge in [0.15, 0.2) is 0 Å². The van der Waals surface area contributed by atoms with E-state index in [1.165, 1.54) is 19.1 Å². The Hall–Kier alpha value is -2.34. The van der Waals surface area contributed by atoms with Crippen LogP contribution < -0.4 is 0 Å². The van der Waals surface area contributed by atoms with Crippen molar-refractivity contribution in [3.63, 3.8) is 0 Å². The Morgan fingerprint density at radius 3 is 2.17 bits per heavy atom. The van der Waals surface area contributed by atoms with Crippen molar-refractivity contribution in [1.29, 1.82) is 0 Å². The van der Waals surface area contributed by atoms with Crippen molar-refractivity contribution in [2.75, 3.05) is 19.8 Å². The largest absolute Gasteiger partial charge is 0.498 e. The van der Waals surface area contributed by atoms with E-state index in [1.54, 1.807) is 18.4 Å². The topological polar surface area (TPSA) is 82.1 Å². The van der Waals surface area contributed by atoms with Crippen molar-refractivity contribution in [3.8, 4) is 0 Å². The van der Waals surface area contributed by atoms with Gasteiger partial charge in [0, 0.05) is 0 Å². The van der Waals surface area contributed by atoms with Gasteiger partial charge in [0.25, 0.3) is 0 Å². The van der Waals surface area contributed by atoms with Crippen molar-refractivity contribution in [3.05, 3.63) is 47.2 Å². The maximum absolute atomic E-state index is 12.1. The van der Waals surface area contributed by atoms with Gasteiger partial charge in [-0.05, 0) is 38.5 Å². The predicted octanol–water partition coefficient (Wildman–Crippen LogP) is 2.32. The zero-order chi connectivity index (χ0) is 17.2. The van der Waals surface area contributed by atoms with Gasteiger partial charge >= 0.3 is 11.9 Å². The molecule has 0 aliphatic carbocycles. The van der Waals surface area contributed by atoms with E-state index in [1.807, 2.05) is 13.8 Å². The summed E-state index contributed by atoms with van der Waals surface area (Å²) in [4.78, 5) is 24.0. The van der Waals surface area contributed by atoms with Gasteiger partial charge in [0.05, 0.1) is 23.5 Å². The molecule has 23 heavy (non-hydrogen) atoms. The molecule has 0 aromatic heterocycles. The second kappa shape index (κ2) is 9.63. The van der Waals surface area contributed by atoms with E-state index in [2.05, 4.69) is 0 Å². The molecule has 1 rings (SSSR count). The molecule has 1 N–H and O–H groups in total. The smallest absolute Gasteiger partial charge is 0.339 e. The Balaban J connectivity index is 2.63. The van der Waals surface area contributed by atoms with Crippen molar-refractivity contribution < 1.29 is 28.9 Å². The zero-order valence-corrected chi connectivity index (χ0v) is 13.6. The first kappa shape index (κ1) is 18.7. The Kier molecular flexibility index (Phi) is 7.83. The van der Waals surface area contributed by atoms with Crippen LogP contribution in [0, 0.1) is 0 Å². The zero-order valence-electron chi connectivity index (χ0n) is 13.6. The van der Waals surface area contributed by atoms with Gasteiger partial charge in [-0.15, -0.1) is 0 Å². The van der Waals surface area contributed by atoms with E-state index in [4.69, 9.17) is 19.3 Å². The Morgan fingerprint density at radius 2 is 1.65 bits per heavy atom. The summed E-state index contributed by atoms with van der Waals surface area (Å²) in [6.45, 7) is 5.44. The second-order valence-electron chi connectivity index (χ2n) is 5.19. The summed E-state index contributed by atoms with van der Waals surface area (Å²) in [5.41, 5.74) is 1.22. The van der Waals surface area contributed by atoms with E-state index in [0.29, 0.717) is 0 Å². The van der Waals surface area contributed by atoms with Crippen LogP contribution in [0.1, 0.15) is 41.5 Å². The maximum Gasteiger partial charge on any atom is 0.339 e. The molecule has 0 fully saturated rings. The fraction of sp³-hybridized carbons (Fsp3) is 0.412. The third kappa shape index (κ3) is 6.97. The predicted molar refractivity (Wildman–Crippen MR) is 84.1 cm³/mol. The lowest BCUT2D eigenvalue weighted by Crippen LogP contribution is -2.19. The molecule has 6 heteroatoms. The number of aliphatic hydroxyl groups excluding tert-OH is 1. The molecule has 1 aromatic rings. The second-order valence-corrected chi connectivity index (χ2v) is 5.19. The lowest BCUT2D eigenvalue weighted by atomic mass is 10.1. The summed E-state index contributed by atoms with van der Waals surface area (Å²) in [6, 6.07) is 6.20. The first-order valence-electron chi connectivity index (χ1n) is 7.28. The molecular weight excluding hydrogens is 300 g/mol. The average Bonchev–Trinajstić information content (AvgIpc) is 2.51. The molecule has 0 aliphatic heterocycles. The number of allylic oxidation sites excluding steroid dienone is 1. The number of ether oxygens (including phenoxy) is 3. The summed E-state index contributed by atoms with van der Waals surface area (Å²) < 4.78 is 15.2. The van der Waals surface area contributed by atoms with Gasteiger partial charge in [-0.25, -0.2) is 9.59 Å². The minimum Gasteiger partial charge on any atom is -0.498 e. The van der Waals surface area contributed by atoms with Crippen LogP contribution in [0.4, 0.5) is 0 Å². The summed E-state index contributed by atoms with van der Waals surface area (Å²) >= 11 is 0. The van der Waals surface area contributed by atoms with Crippen LogP contribution in [0.15, 0.2) is 36.1 Å². The molecule has 0 bridgehead atoms. The molecule has 1 atom stereocenters. The Morgan fingerprint density at radius 1 is 1.09 bits per heavy atom. The van der Waals surface area contributed by atoms with Gasteiger partial charge in [-0.1, -0.05) is 12.1 Å². The Labute approximate surface area is 135 Å². The van der Waals surface area contributed by atoms with Crippen molar-refractivity contribution >= 4 is 11.9 Å². The van der Waals surface area contributed by atoms with Crippen LogP contribution in [0.25, 0.3) is 0 Å². The molecular formula is C17H22O6. The quantitative estimate of drug-likeness (QED) is 0.449. The maximum atomic E-state index is 12.1. The lowest BCUT2D eigenvalue weighted by Gasteiger charge is -2.10. The highest BCUT2D eigenvalue weighted by Crippen LogP contribution is 2.12. The fourth-order valence-corrected chi connectivity index (χ4v) is 1.60. The average molecular weight is 322 g/mol. The van der Waals surface area contributed by atoms with Crippen molar-refractivity contribution in [2.24, 2.45) is 0 Å². The molecule has 0 heterocycles.